The predicted molar refractivity (Wildman–Crippen MR) is 167 cm³/mol. The summed E-state index contributed by atoms with van der Waals surface area (Å²) in [7, 11) is 0. The quantitative estimate of drug-likeness (QED) is 0.176. The van der Waals surface area contributed by atoms with E-state index in [0.29, 0.717) is 23.7 Å². The Kier molecular flexibility index (Phi) is 8.74. The Morgan fingerprint density at radius 3 is 1.26 bits per heavy atom. The van der Waals surface area contributed by atoms with Crippen LogP contribution in [0.15, 0.2) is 146 Å². The van der Waals surface area contributed by atoms with Gasteiger partial charge >= 0.3 is 0 Å². The van der Waals surface area contributed by atoms with Gasteiger partial charge in [0.25, 0.3) is 0 Å². The zero-order valence-corrected chi connectivity index (χ0v) is 23.5. The molecule has 0 aliphatic carbocycles. The van der Waals surface area contributed by atoms with Gasteiger partial charge in [0.2, 0.25) is 0 Å². The molecule has 0 heteroatoms. The molecule has 4 unspecified atom stereocenters. The average molecular weight is 509 g/mol. The Bertz CT molecular complexity index is 1390. The summed E-state index contributed by atoms with van der Waals surface area (Å²) in [6, 6.07) is 54.0. The molecule has 0 saturated heterocycles. The van der Waals surface area contributed by atoms with Crippen LogP contribution in [0.4, 0.5) is 0 Å². The molecular formula is C39H40. The fourth-order valence-electron chi connectivity index (χ4n) is 6.26. The maximum atomic E-state index is 2.42. The summed E-state index contributed by atoms with van der Waals surface area (Å²) in [5.74, 6) is 1.78. The molecule has 0 fully saturated rings. The van der Waals surface area contributed by atoms with Crippen LogP contribution in [0.5, 0.6) is 0 Å². The van der Waals surface area contributed by atoms with Crippen molar-refractivity contribution in [3.8, 4) is 0 Å². The number of benzene rings is 5. The van der Waals surface area contributed by atoms with Crippen molar-refractivity contribution in [2.45, 2.75) is 56.8 Å². The summed E-state index contributed by atoms with van der Waals surface area (Å²) in [5.41, 5.74) is 8.39. The molecule has 0 amide bonds. The molecular weight excluding hydrogens is 468 g/mol. The largest absolute Gasteiger partial charge is 0.0622 e. The molecule has 0 radical (unpaired) electrons. The van der Waals surface area contributed by atoms with Crippen LogP contribution in [0.2, 0.25) is 0 Å². The second-order valence-corrected chi connectivity index (χ2v) is 11.2. The van der Waals surface area contributed by atoms with Gasteiger partial charge in [0, 0.05) is 0 Å². The van der Waals surface area contributed by atoms with Gasteiger partial charge in [-0.25, -0.2) is 0 Å². The summed E-state index contributed by atoms with van der Waals surface area (Å²) >= 11 is 0. The third kappa shape index (κ3) is 6.40. The van der Waals surface area contributed by atoms with Gasteiger partial charge in [-0.3, -0.25) is 0 Å². The third-order valence-corrected chi connectivity index (χ3v) is 8.38. The number of hydrogen-bond donors (Lipinski definition) is 0. The molecule has 0 spiro atoms. The minimum Gasteiger partial charge on any atom is -0.0622 e. The van der Waals surface area contributed by atoms with E-state index in [4.69, 9.17) is 0 Å². The van der Waals surface area contributed by atoms with Gasteiger partial charge in [0.05, 0.1) is 0 Å². The van der Waals surface area contributed by atoms with Gasteiger partial charge in [-0.15, -0.1) is 0 Å². The lowest BCUT2D eigenvalue weighted by atomic mass is 9.64. The molecule has 0 bridgehead atoms. The molecule has 5 aromatic carbocycles. The molecule has 196 valence electrons. The van der Waals surface area contributed by atoms with Crippen LogP contribution < -0.4 is 0 Å². The first-order valence-corrected chi connectivity index (χ1v) is 14.4. The molecule has 0 nitrogen and oxygen atoms in total. The van der Waals surface area contributed by atoms with Crippen LogP contribution in [0.1, 0.15) is 83.7 Å². The van der Waals surface area contributed by atoms with Crippen molar-refractivity contribution in [2.75, 3.05) is 0 Å². The first-order valence-electron chi connectivity index (χ1n) is 14.4. The van der Waals surface area contributed by atoms with E-state index >= 15 is 0 Å². The molecule has 0 heterocycles. The molecule has 0 aliphatic heterocycles. The van der Waals surface area contributed by atoms with E-state index in [1.165, 1.54) is 33.4 Å². The van der Waals surface area contributed by atoms with Gasteiger partial charge in [0.1, 0.15) is 0 Å². The lowest BCUT2D eigenvalue weighted by Gasteiger charge is -2.39. The minimum atomic E-state index is 0.288. The smallest absolute Gasteiger partial charge is 0.00153 e. The van der Waals surface area contributed by atoms with Gasteiger partial charge in [-0.1, -0.05) is 166 Å². The maximum absolute atomic E-state index is 2.42. The second kappa shape index (κ2) is 12.8. The second-order valence-electron chi connectivity index (χ2n) is 11.2. The van der Waals surface area contributed by atoms with Crippen LogP contribution >= 0.6 is 0 Å². The highest BCUT2D eigenvalue weighted by Crippen LogP contribution is 2.51. The normalized spacial score (nSPS) is 14.5. The Morgan fingerprint density at radius 2 is 0.795 bits per heavy atom. The third-order valence-electron chi connectivity index (χ3n) is 8.38. The summed E-state index contributed by atoms with van der Waals surface area (Å²) in [6.07, 6.45) is 0.993. The summed E-state index contributed by atoms with van der Waals surface area (Å²) < 4.78 is 0. The van der Waals surface area contributed by atoms with Crippen molar-refractivity contribution in [3.05, 3.63) is 179 Å². The van der Waals surface area contributed by atoms with Gasteiger partial charge in [-0.2, -0.15) is 0 Å². The average Bonchev–Trinajstić information content (AvgIpc) is 3.00. The van der Waals surface area contributed by atoms with Crippen LogP contribution in [0.3, 0.4) is 0 Å². The summed E-state index contributed by atoms with van der Waals surface area (Å²) in [4.78, 5) is 0. The van der Waals surface area contributed by atoms with E-state index in [1.54, 1.807) is 0 Å². The Balaban J connectivity index is 1.68. The van der Waals surface area contributed by atoms with Crippen molar-refractivity contribution >= 4 is 0 Å². The predicted octanol–water partition coefficient (Wildman–Crippen LogP) is 10.5. The van der Waals surface area contributed by atoms with Gasteiger partial charge < -0.3 is 0 Å². The molecule has 5 aromatic rings. The zero-order chi connectivity index (χ0) is 27.0. The standard InChI is InChI=1S/C39H40/c1-29(2)32-26-24-31(25-27-32)28-37(34-18-10-5-11-19-34)39(36-22-14-7-15-23-36)38(35-20-12-6-13-21-35)30(3)33-16-8-4-9-17-33/h4-27,29-30,37-39H,28H2,1-3H3. The fraction of sp³-hybridized carbons (Fsp3) is 0.231. The monoisotopic (exact) mass is 508 g/mol. The molecule has 0 N–H and O–H groups in total. The Hall–Kier alpha value is -3.90. The molecule has 4 atom stereocenters. The van der Waals surface area contributed by atoms with Gasteiger partial charge in [-0.05, 0) is 69.4 Å². The SMILES string of the molecule is CC(C)c1ccc(CC(c2ccccc2)C(c2ccccc2)C(c2ccccc2)C(C)c2ccccc2)cc1. The Labute approximate surface area is 235 Å². The highest BCUT2D eigenvalue weighted by Gasteiger charge is 2.36. The molecule has 5 rings (SSSR count). The topological polar surface area (TPSA) is 0 Å². The molecule has 0 aliphatic rings. The molecule has 39 heavy (non-hydrogen) atoms. The first-order chi connectivity index (χ1) is 19.1. The first kappa shape index (κ1) is 26.7. The lowest BCUT2D eigenvalue weighted by molar-refractivity contribution is 0.405. The van der Waals surface area contributed by atoms with Crippen LogP contribution in [0, 0.1) is 0 Å². The highest BCUT2D eigenvalue weighted by atomic mass is 14.4. The number of hydrogen-bond acceptors (Lipinski definition) is 0. The van der Waals surface area contributed by atoms with Crippen LogP contribution in [0.25, 0.3) is 0 Å². The van der Waals surface area contributed by atoms with Crippen molar-refractivity contribution < 1.29 is 0 Å². The van der Waals surface area contributed by atoms with Crippen molar-refractivity contribution in [1.29, 1.82) is 0 Å². The fourth-order valence-corrected chi connectivity index (χ4v) is 6.26. The molecule has 0 saturated carbocycles. The van der Waals surface area contributed by atoms with E-state index in [2.05, 4.69) is 166 Å². The maximum Gasteiger partial charge on any atom is -0.00153 e. The minimum absolute atomic E-state index is 0.288. The van der Waals surface area contributed by atoms with Crippen LogP contribution in [-0.4, -0.2) is 0 Å². The van der Waals surface area contributed by atoms with E-state index < -0.39 is 0 Å². The molecule has 0 aromatic heterocycles. The zero-order valence-electron chi connectivity index (χ0n) is 23.5. The van der Waals surface area contributed by atoms with E-state index in [1.807, 2.05) is 0 Å². The number of rotatable bonds is 10. The van der Waals surface area contributed by atoms with E-state index in [9.17, 15) is 0 Å². The Morgan fingerprint density at radius 1 is 0.385 bits per heavy atom. The van der Waals surface area contributed by atoms with E-state index in [0.717, 1.165) is 6.42 Å². The lowest BCUT2D eigenvalue weighted by Crippen LogP contribution is -2.25. The van der Waals surface area contributed by atoms with Crippen molar-refractivity contribution in [2.24, 2.45) is 0 Å². The van der Waals surface area contributed by atoms with Crippen molar-refractivity contribution in [3.63, 3.8) is 0 Å². The highest BCUT2D eigenvalue weighted by molar-refractivity contribution is 5.39. The summed E-state index contributed by atoms with van der Waals surface area (Å²) in [6.45, 7) is 6.95. The van der Waals surface area contributed by atoms with Gasteiger partial charge in [0.15, 0.2) is 0 Å². The van der Waals surface area contributed by atoms with Crippen LogP contribution in [-0.2, 0) is 6.42 Å². The van der Waals surface area contributed by atoms with Crippen molar-refractivity contribution in [1.82, 2.24) is 0 Å². The summed E-state index contributed by atoms with van der Waals surface area (Å²) in [5, 5.41) is 0. The van der Waals surface area contributed by atoms with E-state index in [-0.39, 0.29) is 5.92 Å².